The molecule has 2 saturated heterocycles. The number of nitrogens with one attached hydrogen (secondary N) is 1. The summed E-state index contributed by atoms with van der Waals surface area (Å²) in [6, 6.07) is 10.3. The van der Waals surface area contributed by atoms with Crippen molar-refractivity contribution in [1.29, 1.82) is 5.26 Å². The van der Waals surface area contributed by atoms with E-state index in [1.807, 2.05) is 0 Å². The van der Waals surface area contributed by atoms with Crippen molar-refractivity contribution < 1.29 is 23.0 Å². The van der Waals surface area contributed by atoms with Crippen LogP contribution in [0.5, 0.6) is 0 Å². The molecule has 34 heavy (non-hydrogen) atoms. The van der Waals surface area contributed by atoms with Crippen molar-refractivity contribution in [2.45, 2.75) is 17.9 Å². The summed E-state index contributed by atoms with van der Waals surface area (Å²) in [7, 11) is 0. The monoisotopic (exact) mass is 464 g/mol. The second-order valence-electron chi connectivity index (χ2n) is 8.70. The van der Waals surface area contributed by atoms with Crippen molar-refractivity contribution in [3.8, 4) is 17.2 Å². The molecule has 3 aromatic rings. The summed E-state index contributed by atoms with van der Waals surface area (Å²) in [5, 5.41) is 19.0. The maximum absolute atomic E-state index is 15.4. The number of halogens is 2. The van der Waals surface area contributed by atoms with Gasteiger partial charge in [0.05, 0.1) is 42.9 Å². The molecule has 2 aliphatic heterocycles. The number of anilines is 1. The van der Waals surface area contributed by atoms with Crippen molar-refractivity contribution in [2.24, 2.45) is 11.8 Å². The molecule has 1 N–H and O–H groups in total. The third kappa shape index (κ3) is 2.99. The van der Waals surface area contributed by atoms with Gasteiger partial charge in [-0.05, 0) is 24.3 Å². The minimum atomic E-state index is -0.775. The highest BCUT2D eigenvalue weighted by molar-refractivity contribution is 5.90. The molecule has 3 atom stereocenters. The quantitative estimate of drug-likeness (QED) is 0.617. The predicted molar refractivity (Wildman–Crippen MR) is 112 cm³/mol. The number of benzene rings is 1. The van der Waals surface area contributed by atoms with Crippen LogP contribution in [0, 0.1) is 34.9 Å². The van der Waals surface area contributed by atoms with E-state index < -0.39 is 29.4 Å². The van der Waals surface area contributed by atoms with E-state index in [-0.39, 0.29) is 30.5 Å². The van der Waals surface area contributed by atoms with Crippen molar-refractivity contribution in [3.63, 3.8) is 0 Å². The van der Waals surface area contributed by atoms with E-state index in [1.165, 1.54) is 11.0 Å². The number of fused-ring (bicyclic) bond motifs is 1. The normalized spacial score (nSPS) is 27.4. The van der Waals surface area contributed by atoms with Crippen LogP contribution in [0.3, 0.4) is 0 Å². The number of nitriles is 1. The maximum Gasteiger partial charge on any atom is 0.414 e. The summed E-state index contributed by atoms with van der Waals surface area (Å²) in [6.07, 6.45) is 0.394. The number of pyridine rings is 1. The number of rotatable bonds is 5. The first-order valence-electron chi connectivity index (χ1n) is 10.8. The van der Waals surface area contributed by atoms with Crippen LogP contribution in [-0.4, -0.2) is 52.4 Å². The number of aromatic amines is 1. The van der Waals surface area contributed by atoms with Gasteiger partial charge in [0, 0.05) is 35.6 Å². The van der Waals surface area contributed by atoms with Gasteiger partial charge in [0.2, 0.25) is 0 Å². The van der Waals surface area contributed by atoms with Crippen LogP contribution in [0.25, 0.3) is 11.1 Å². The van der Waals surface area contributed by atoms with Crippen LogP contribution in [-0.2, 0) is 21.3 Å². The lowest BCUT2D eigenvalue weighted by Crippen LogP contribution is -2.25. The summed E-state index contributed by atoms with van der Waals surface area (Å²) in [5.41, 5.74) is 1.07. The Hall–Kier alpha value is -3.91. The first kappa shape index (κ1) is 20.7. The number of aromatic nitrogens is 4. The topological polar surface area (TPSA) is 117 Å². The molecule has 0 bridgehead atoms. The maximum atomic E-state index is 15.4. The van der Waals surface area contributed by atoms with E-state index in [4.69, 9.17) is 9.47 Å². The first-order chi connectivity index (χ1) is 16.5. The van der Waals surface area contributed by atoms with E-state index in [0.29, 0.717) is 35.7 Å². The lowest BCUT2D eigenvalue weighted by atomic mass is 9.90. The molecule has 4 heterocycles. The van der Waals surface area contributed by atoms with Crippen LogP contribution in [0.4, 0.5) is 19.3 Å². The molecule has 3 aliphatic rings. The summed E-state index contributed by atoms with van der Waals surface area (Å²) in [5.74, 6) is -1.19. The van der Waals surface area contributed by atoms with Gasteiger partial charge in [0.25, 0.3) is 5.95 Å². The van der Waals surface area contributed by atoms with Gasteiger partial charge in [-0.15, -0.1) is 0 Å². The molecule has 0 radical (unpaired) electrons. The summed E-state index contributed by atoms with van der Waals surface area (Å²) >= 11 is 0. The van der Waals surface area contributed by atoms with E-state index >= 15 is 4.39 Å². The molecular weight excluding hydrogens is 446 g/mol. The van der Waals surface area contributed by atoms with Gasteiger partial charge in [0.15, 0.2) is 0 Å². The zero-order valence-electron chi connectivity index (χ0n) is 17.7. The Morgan fingerprint density at radius 3 is 2.76 bits per heavy atom. The summed E-state index contributed by atoms with van der Waals surface area (Å²) in [4.78, 5) is 18.2. The minimum absolute atomic E-state index is 0.0553. The highest BCUT2D eigenvalue weighted by atomic mass is 19.1. The van der Waals surface area contributed by atoms with E-state index in [2.05, 4.69) is 26.5 Å². The van der Waals surface area contributed by atoms with Crippen molar-refractivity contribution >= 4 is 11.8 Å². The zero-order valence-corrected chi connectivity index (χ0v) is 17.7. The lowest BCUT2D eigenvalue weighted by Gasteiger charge is -2.18. The molecule has 9 nitrogen and oxygen atoms in total. The Morgan fingerprint density at radius 1 is 1.24 bits per heavy atom. The average Bonchev–Trinajstić information content (AvgIpc) is 3.29. The molecule has 3 fully saturated rings. The molecule has 1 saturated carbocycles. The molecule has 1 aromatic carbocycles. The zero-order chi connectivity index (χ0) is 23.4. The van der Waals surface area contributed by atoms with Crippen LogP contribution in [0.15, 0.2) is 36.5 Å². The fourth-order valence-corrected chi connectivity index (χ4v) is 5.20. The number of nitrogens with zero attached hydrogens (tertiary/aromatic N) is 5. The Kier molecular flexibility index (Phi) is 4.60. The third-order valence-corrected chi connectivity index (χ3v) is 6.96. The highest BCUT2D eigenvalue weighted by Gasteiger charge is 2.70. The molecule has 6 rings (SSSR count). The second kappa shape index (κ2) is 7.56. The van der Waals surface area contributed by atoms with Gasteiger partial charge in [-0.3, -0.25) is 15.0 Å². The molecular formula is C23H18F2N6O3. The van der Waals surface area contributed by atoms with Crippen molar-refractivity contribution in [1.82, 2.24) is 20.4 Å². The predicted octanol–water partition coefficient (Wildman–Crippen LogP) is 2.75. The number of hydrogen-bond acceptors (Lipinski definition) is 7. The molecule has 1 aliphatic carbocycles. The number of H-pyrrole nitrogens is 1. The Labute approximate surface area is 192 Å². The van der Waals surface area contributed by atoms with Crippen LogP contribution in [0.2, 0.25) is 0 Å². The standard InChI is InChI=1S/C23H18F2N6O3/c24-18-6-12(31-8-13(34-22(31)32)7-19-21(25)29-30-28-19)3-4-14(18)15-2-1-5-27-20(15)23(11-26)16-9-33-10-17(16)23/h1-6,13,16-17H,7-10H2,(H,28,29,30)/t13-,16?,17?,23?/m1/s1. The molecule has 0 spiro atoms. The number of carbonyl (C=O) groups excluding carboxylic acids is 1. The number of ether oxygens (including phenoxy) is 2. The number of amides is 1. The van der Waals surface area contributed by atoms with Gasteiger partial charge >= 0.3 is 6.09 Å². The fraction of sp³-hybridized carbons (Fsp3) is 0.348. The third-order valence-electron chi connectivity index (χ3n) is 6.96. The van der Waals surface area contributed by atoms with E-state index in [9.17, 15) is 14.4 Å². The van der Waals surface area contributed by atoms with Crippen molar-refractivity contribution in [2.75, 3.05) is 24.7 Å². The number of hydrogen-bond donors (Lipinski definition) is 1. The van der Waals surface area contributed by atoms with Gasteiger partial charge in [-0.25, -0.2) is 9.18 Å². The van der Waals surface area contributed by atoms with E-state index in [1.54, 1.807) is 30.5 Å². The van der Waals surface area contributed by atoms with Crippen molar-refractivity contribution in [3.05, 3.63) is 59.7 Å². The Bertz CT molecular complexity index is 1330. The number of cyclic esters (lactones) is 1. The van der Waals surface area contributed by atoms with Gasteiger partial charge in [-0.2, -0.15) is 9.65 Å². The second-order valence-corrected chi connectivity index (χ2v) is 8.70. The fourth-order valence-electron chi connectivity index (χ4n) is 5.20. The lowest BCUT2D eigenvalue weighted by molar-refractivity contribution is 0.140. The first-order valence-corrected chi connectivity index (χ1v) is 10.8. The van der Waals surface area contributed by atoms with Gasteiger partial charge < -0.3 is 9.47 Å². The SMILES string of the molecule is N#CC1(c2ncccc2-c2ccc(N3C[C@@H](Cc4[nH]nnc4F)OC3=O)cc2F)C2COCC21. The van der Waals surface area contributed by atoms with Crippen LogP contribution < -0.4 is 4.90 Å². The molecule has 2 unspecified atom stereocenters. The minimum Gasteiger partial charge on any atom is -0.444 e. The Morgan fingerprint density at radius 2 is 2.06 bits per heavy atom. The number of carbonyl (C=O) groups is 1. The average molecular weight is 464 g/mol. The molecule has 2 aromatic heterocycles. The van der Waals surface area contributed by atoms with Gasteiger partial charge in [0.1, 0.15) is 17.3 Å². The smallest absolute Gasteiger partial charge is 0.414 e. The molecule has 11 heteroatoms. The largest absolute Gasteiger partial charge is 0.444 e. The highest BCUT2D eigenvalue weighted by Crippen LogP contribution is 2.63. The Balaban J connectivity index is 1.28. The molecule has 1 amide bonds. The molecule has 172 valence electrons. The summed E-state index contributed by atoms with van der Waals surface area (Å²) in [6.45, 7) is 1.11. The van der Waals surface area contributed by atoms with Crippen LogP contribution >= 0.6 is 0 Å². The van der Waals surface area contributed by atoms with Crippen LogP contribution in [0.1, 0.15) is 11.4 Å². The van der Waals surface area contributed by atoms with Gasteiger partial charge in [-0.1, -0.05) is 16.4 Å². The summed E-state index contributed by atoms with van der Waals surface area (Å²) < 4.78 is 39.7. The van der Waals surface area contributed by atoms with E-state index in [0.717, 1.165) is 0 Å².